The molecule has 0 saturated heterocycles. The van der Waals surface area contributed by atoms with Crippen LogP contribution in [0.2, 0.25) is 0 Å². The summed E-state index contributed by atoms with van der Waals surface area (Å²) < 4.78 is 43.7. The lowest BCUT2D eigenvalue weighted by Crippen LogP contribution is -2.31. The van der Waals surface area contributed by atoms with Gasteiger partial charge in [-0.3, -0.25) is 0 Å². The van der Waals surface area contributed by atoms with Crippen LogP contribution >= 0.6 is 0 Å². The van der Waals surface area contributed by atoms with Crippen LogP contribution in [0.1, 0.15) is 31.7 Å². The van der Waals surface area contributed by atoms with Gasteiger partial charge < -0.3 is 4.74 Å². The Morgan fingerprint density at radius 3 is 2.45 bits per heavy atom. The summed E-state index contributed by atoms with van der Waals surface area (Å²) in [5.41, 5.74) is -1.29. The van der Waals surface area contributed by atoms with Gasteiger partial charge in [-0.25, -0.2) is 0 Å². The van der Waals surface area contributed by atoms with Crippen molar-refractivity contribution in [3.05, 3.63) is 66.3 Å². The number of hydrogen-bond acceptors (Lipinski definition) is 1. The molecule has 0 heterocycles. The van der Waals surface area contributed by atoms with E-state index in [0.29, 0.717) is 12.2 Å². The van der Waals surface area contributed by atoms with Crippen molar-refractivity contribution in [2.24, 2.45) is 0 Å². The molecule has 1 atom stereocenters. The van der Waals surface area contributed by atoms with E-state index in [-0.39, 0.29) is 0 Å². The standard InChI is InChI=1S/C18H19F3O/c1-2-3-5-12-17(13-6-4-7-14-17)22-16-10-8-15(9-11-16)18(19,20)21/h4-13H,2-3,14H2,1H3. The number of unbranched alkanes of at least 4 members (excludes halogenated alkanes) is 1. The molecule has 1 aliphatic carbocycles. The van der Waals surface area contributed by atoms with Crippen molar-refractivity contribution >= 4 is 0 Å². The lowest BCUT2D eigenvalue weighted by Gasteiger charge is -2.29. The number of alkyl halides is 3. The minimum absolute atomic E-state index is 0.425. The molecule has 1 aromatic rings. The minimum atomic E-state index is -4.33. The average molecular weight is 308 g/mol. The number of allylic oxidation sites excluding steroid dienone is 3. The van der Waals surface area contributed by atoms with Crippen LogP contribution in [0, 0.1) is 0 Å². The minimum Gasteiger partial charge on any atom is -0.479 e. The third-order valence-corrected chi connectivity index (χ3v) is 3.41. The second kappa shape index (κ2) is 6.86. The van der Waals surface area contributed by atoms with Crippen LogP contribution < -0.4 is 4.74 Å². The fraction of sp³-hybridized carbons (Fsp3) is 0.333. The molecule has 0 spiro atoms. The topological polar surface area (TPSA) is 9.23 Å². The highest BCUT2D eigenvalue weighted by molar-refractivity contribution is 5.33. The Morgan fingerprint density at radius 2 is 1.91 bits per heavy atom. The molecular formula is C18H19F3O. The van der Waals surface area contributed by atoms with Gasteiger partial charge in [-0.15, -0.1) is 0 Å². The summed E-state index contributed by atoms with van der Waals surface area (Å²) in [6.07, 6.45) is 10.1. The van der Waals surface area contributed by atoms with Crippen molar-refractivity contribution in [1.82, 2.24) is 0 Å². The molecule has 22 heavy (non-hydrogen) atoms. The predicted molar refractivity (Wildman–Crippen MR) is 81.7 cm³/mol. The maximum atomic E-state index is 12.6. The molecule has 0 bridgehead atoms. The van der Waals surface area contributed by atoms with Crippen molar-refractivity contribution in [1.29, 1.82) is 0 Å². The van der Waals surface area contributed by atoms with Gasteiger partial charge in [0.2, 0.25) is 0 Å². The van der Waals surface area contributed by atoms with Gasteiger partial charge >= 0.3 is 6.18 Å². The molecule has 1 nitrogen and oxygen atoms in total. The molecule has 0 fully saturated rings. The van der Waals surface area contributed by atoms with E-state index in [1.165, 1.54) is 12.1 Å². The predicted octanol–water partition coefficient (Wildman–Crippen LogP) is 5.70. The van der Waals surface area contributed by atoms with Crippen molar-refractivity contribution in [3.63, 3.8) is 0 Å². The second-order valence-corrected chi connectivity index (χ2v) is 5.26. The Morgan fingerprint density at radius 1 is 1.18 bits per heavy atom. The van der Waals surface area contributed by atoms with Crippen LogP contribution in [-0.2, 0) is 6.18 Å². The van der Waals surface area contributed by atoms with Crippen LogP contribution in [0.5, 0.6) is 5.75 Å². The van der Waals surface area contributed by atoms with Crippen molar-refractivity contribution < 1.29 is 17.9 Å². The Kier molecular flexibility index (Phi) is 5.11. The molecule has 0 aromatic heterocycles. The summed E-state index contributed by atoms with van der Waals surface area (Å²) in [7, 11) is 0. The lowest BCUT2D eigenvalue weighted by molar-refractivity contribution is -0.137. The van der Waals surface area contributed by atoms with Gasteiger partial charge in [-0.05, 0) is 42.8 Å². The van der Waals surface area contributed by atoms with Gasteiger partial charge in [0.05, 0.1) is 5.56 Å². The van der Waals surface area contributed by atoms with E-state index in [1.54, 1.807) is 0 Å². The fourth-order valence-electron chi connectivity index (χ4n) is 2.23. The number of hydrogen-bond donors (Lipinski definition) is 0. The number of ether oxygens (including phenoxy) is 1. The van der Waals surface area contributed by atoms with Crippen molar-refractivity contribution in [3.8, 4) is 5.75 Å². The molecule has 0 radical (unpaired) electrons. The summed E-state index contributed by atoms with van der Waals surface area (Å²) in [5, 5.41) is 0. The summed E-state index contributed by atoms with van der Waals surface area (Å²) in [6.45, 7) is 2.09. The third-order valence-electron chi connectivity index (χ3n) is 3.41. The number of benzene rings is 1. The van der Waals surface area contributed by atoms with E-state index in [2.05, 4.69) is 6.92 Å². The first-order valence-electron chi connectivity index (χ1n) is 7.33. The van der Waals surface area contributed by atoms with Gasteiger partial charge in [-0.1, -0.05) is 37.6 Å². The average Bonchev–Trinajstić information content (AvgIpc) is 2.48. The van der Waals surface area contributed by atoms with Gasteiger partial charge in [0.15, 0.2) is 0 Å². The first kappa shape index (κ1) is 16.4. The van der Waals surface area contributed by atoms with E-state index in [4.69, 9.17) is 4.74 Å². The largest absolute Gasteiger partial charge is 0.479 e. The quantitative estimate of drug-likeness (QED) is 0.634. The van der Waals surface area contributed by atoms with Crippen LogP contribution in [-0.4, -0.2) is 5.60 Å². The molecule has 1 unspecified atom stereocenters. The molecule has 1 aliphatic rings. The molecule has 118 valence electrons. The second-order valence-electron chi connectivity index (χ2n) is 5.26. The summed E-state index contributed by atoms with van der Waals surface area (Å²) >= 11 is 0. The maximum Gasteiger partial charge on any atom is 0.416 e. The van der Waals surface area contributed by atoms with Crippen LogP contribution in [0.25, 0.3) is 0 Å². The highest BCUT2D eigenvalue weighted by Crippen LogP contribution is 2.32. The summed E-state index contributed by atoms with van der Waals surface area (Å²) in [4.78, 5) is 0. The first-order chi connectivity index (χ1) is 10.5. The molecular weight excluding hydrogens is 289 g/mol. The van der Waals surface area contributed by atoms with Gasteiger partial charge in [0.1, 0.15) is 11.4 Å². The van der Waals surface area contributed by atoms with E-state index in [9.17, 15) is 13.2 Å². The summed E-state index contributed by atoms with van der Waals surface area (Å²) in [5.74, 6) is 0.425. The molecule has 2 rings (SSSR count). The Hall–Kier alpha value is -1.97. The third kappa shape index (κ3) is 4.26. The maximum absolute atomic E-state index is 12.6. The van der Waals surface area contributed by atoms with Crippen molar-refractivity contribution in [2.45, 2.75) is 38.0 Å². The summed E-state index contributed by atoms with van der Waals surface area (Å²) in [6, 6.07) is 4.82. The highest BCUT2D eigenvalue weighted by Gasteiger charge is 2.31. The molecule has 4 heteroatoms. The Bertz CT molecular complexity index is 567. The van der Waals surface area contributed by atoms with Gasteiger partial charge in [0, 0.05) is 6.42 Å². The zero-order valence-electron chi connectivity index (χ0n) is 12.4. The Balaban J connectivity index is 2.17. The number of halogens is 3. The van der Waals surface area contributed by atoms with Crippen molar-refractivity contribution in [2.75, 3.05) is 0 Å². The highest BCUT2D eigenvalue weighted by atomic mass is 19.4. The molecule has 1 aromatic carbocycles. The Labute approximate surface area is 128 Å². The molecule has 0 saturated carbocycles. The normalized spacial score (nSPS) is 21.5. The van der Waals surface area contributed by atoms with E-state index in [1.807, 2.05) is 36.5 Å². The van der Waals surface area contributed by atoms with Gasteiger partial charge in [-0.2, -0.15) is 13.2 Å². The number of rotatable bonds is 5. The smallest absolute Gasteiger partial charge is 0.416 e. The molecule has 0 amide bonds. The zero-order valence-corrected chi connectivity index (χ0v) is 12.4. The van der Waals surface area contributed by atoms with Crippen LogP contribution in [0.4, 0.5) is 13.2 Å². The fourth-order valence-corrected chi connectivity index (χ4v) is 2.23. The molecule has 0 N–H and O–H groups in total. The van der Waals surface area contributed by atoms with E-state index in [0.717, 1.165) is 25.0 Å². The first-order valence-corrected chi connectivity index (χ1v) is 7.33. The van der Waals surface area contributed by atoms with Crippen LogP contribution in [0.15, 0.2) is 60.7 Å². The van der Waals surface area contributed by atoms with Gasteiger partial charge in [0.25, 0.3) is 0 Å². The lowest BCUT2D eigenvalue weighted by atomic mass is 9.94. The van der Waals surface area contributed by atoms with E-state index < -0.39 is 17.3 Å². The van der Waals surface area contributed by atoms with Crippen LogP contribution in [0.3, 0.4) is 0 Å². The molecule has 0 aliphatic heterocycles. The SMILES string of the molecule is CCCC=CC1(Oc2ccc(C(F)(F)F)cc2)C=CC=CC1. The zero-order chi connectivity index (χ0) is 16.1. The monoisotopic (exact) mass is 308 g/mol. The van der Waals surface area contributed by atoms with E-state index >= 15 is 0 Å².